The number of hydrogen-bond donors (Lipinski definition) is 1. The van der Waals surface area contributed by atoms with E-state index >= 15 is 0 Å². The number of nitrogens with one attached hydrogen (secondary N) is 1. The highest BCUT2D eigenvalue weighted by atomic mass is 19.1. The molecule has 1 unspecified atom stereocenters. The van der Waals surface area contributed by atoms with Crippen LogP contribution in [0.25, 0.3) is 10.9 Å². The molecule has 1 N–H and O–H groups in total. The third kappa shape index (κ3) is 4.40. The number of aromatic amines is 1. The second kappa shape index (κ2) is 8.07. The SMILES string of the molecule is CC(C)N1CCCC(c2ccc3[nH]c(C(=O)Cc4cc(F)cc(F)c4)cc3c2)C1. The molecule has 1 aromatic heterocycles. The first-order chi connectivity index (χ1) is 13.9. The molecular weight excluding hydrogens is 370 g/mol. The molecule has 1 fully saturated rings. The summed E-state index contributed by atoms with van der Waals surface area (Å²) in [6.45, 7) is 6.69. The first-order valence-corrected chi connectivity index (χ1v) is 10.2. The van der Waals surface area contributed by atoms with Crippen molar-refractivity contribution >= 4 is 16.7 Å². The molecule has 1 aliphatic rings. The van der Waals surface area contributed by atoms with E-state index in [0.717, 1.165) is 30.1 Å². The van der Waals surface area contributed by atoms with Crippen LogP contribution in [0.1, 0.15) is 54.2 Å². The van der Waals surface area contributed by atoms with Gasteiger partial charge in [-0.15, -0.1) is 0 Å². The maximum Gasteiger partial charge on any atom is 0.183 e. The highest BCUT2D eigenvalue weighted by molar-refractivity contribution is 6.00. The van der Waals surface area contributed by atoms with E-state index in [-0.39, 0.29) is 12.2 Å². The fourth-order valence-electron chi connectivity index (χ4n) is 4.30. The van der Waals surface area contributed by atoms with Gasteiger partial charge in [0.1, 0.15) is 11.6 Å². The monoisotopic (exact) mass is 396 g/mol. The maximum absolute atomic E-state index is 13.4. The number of carbonyl (C=O) groups is 1. The Bertz CT molecular complexity index is 1020. The highest BCUT2D eigenvalue weighted by Gasteiger charge is 2.23. The summed E-state index contributed by atoms with van der Waals surface area (Å²) in [4.78, 5) is 18.3. The van der Waals surface area contributed by atoms with Crippen LogP contribution in [0.3, 0.4) is 0 Å². The lowest BCUT2D eigenvalue weighted by Crippen LogP contribution is -2.39. The van der Waals surface area contributed by atoms with Gasteiger partial charge in [0, 0.05) is 36.0 Å². The Morgan fingerprint density at radius 1 is 1.14 bits per heavy atom. The maximum atomic E-state index is 13.4. The molecule has 0 amide bonds. The minimum Gasteiger partial charge on any atom is -0.352 e. The smallest absolute Gasteiger partial charge is 0.183 e. The minimum absolute atomic E-state index is 0.0413. The van der Waals surface area contributed by atoms with Crippen molar-refractivity contribution < 1.29 is 13.6 Å². The number of Topliss-reactive ketones (excluding diaryl/α,β-unsaturated/α-hetero) is 1. The average molecular weight is 396 g/mol. The second-order valence-corrected chi connectivity index (χ2v) is 8.34. The average Bonchev–Trinajstić information content (AvgIpc) is 3.11. The molecule has 0 bridgehead atoms. The first kappa shape index (κ1) is 19.8. The van der Waals surface area contributed by atoms with Gasteiger partial charge < -0.3 is 9.88 Å². The number of carbonyl (C=O) groups excluding carboxylic acids is 1. The molecule has 1 atom stereocenters. The van der Waals surface area contributed by atoms with E-state index in [1.165, 1.54) is 30.5 Å². The van der Waals surface area contributed by atoms with Gasteiger partial charge in [0.15, 0.2) is 5.78 Å². The van der Waals surface area contributed by atoms with Gasteiger partial charge in [0.2, 0.25) is 0 Å². The topological polar surface area (TPSA) is 36.1 Å². The van der Waals surface area contributed by atoms with E-state index in [1.807, 2.05) is 12.1 Å². The Balaban J connectivity index is 1.54. The summed E-state index contributed by atoms with van der Waals surface area (Å²) in [5, 5.41) is 0.998. The lowest BCUT2D eigenvalue weighted by molar-refractivity contribution is 0.0989. The van der Waals surface area contributed by atoms with E-state index in [4.69, 9.17) is 0 Å². The molecule has 0 spiro atoms. The van der Waals surface area contributed by atoms with Crippen molar-refractivity contribution in [3.8, 4) is 0 Å². The zero-order valence-corrected chi connectivity index (χ0v) is 16.8. The summed E-state index contributed by atoms with van der Waals surface area (Å²) >= 11 is 0. The van der Waals surface area contributed by atoms with Crippen LogP contribution in [-0.4, -0.2) is 34.8 Å². The number of piperidine rings is 1. The standard InChI is InChI=1S/C24H26F2N2O/c1-15(2)28-7-3-4-18(14-28)17-5-6-22-19(11-17)12-23(27-22)24(29)10-16-8-20(25)13-21(26)9-16/h5-6,8-9,11-13,15,18,27H,3-4,7,10,14H2,1-2H3. The zero-order chi connectivity index (χ0) is 20.5. The number of fused-ring (bicyclic) bond motifs is 1. The molecule has 152 valence electrons. The van der Waals surface area contributed by atoms with Gasteiger partial charge in [-0.2, -0.15) is 0 Å². The predicted molar refractivity (Wildman–Crippen MR) is 111 cm³/mol. The molecule has 5 heteroatoms. The molecule has 1 saturated heterocycles. The molecular formula is C24H26F2N2O. The molecule has 4 rings (SSSR count). The van der Waals surface area contributed by atoms with Crippen LogP contribution in [0.5, 0.6) is 0 Å². The molecule has 2 aromatic carbocycles. The van der Waals surface area contributed by atoms with Crippen molar-refractivity contribution in [3.63, 3.8) is 0 Å². The number of hydrogen-bond acceptors (Lipinski definition) is 2. The summed E-state index contributed by atoms with van der Waals surface area (Å²) in [5.74, 6) is -1.02. The van der Waals surface area contributed by atoms with Crippen LogP contribution in [0.2, 0.25) is 0 Å². The van der Waals surface area contributed by atoms with Crippen molar-refractivity contribution in [2.45, 2.75) is 45.1 Å². The molecule has 3 nitrogen and oxygen atoms in total. The normalized spacial score (nSPS) is 17.9. The quantitative estimate of drug-likeness (QED) is 0.582. The Labute approximate surface area is 169 Å². The summed E-state index contributed by atoms with van der Waals surface area (Å²) in [6, 6.07) is 11.9. The molecule has 1 aliphatic heterocycles. The van der Waals surface area contributed by atoms with E-state index in [0.29, 0.717) is 23.2 Å². The third-order valence-corrected chi connectivity index (χ3v) is 5.89. The zero-order valence-electron chi connectivity index (χ0n) is 16.8. The minimum atomic E-state index is -0.669. The van der Waals surface area contributed by atoms with E-state index in [1.54, 1.807) is 0 Å². The van der Waals surface area contributed by atoms with Crippen molar-refractivity contribution in [3.05, 3.63) is 70.9 Å². The second-order valence-electron chi connectivity index (χ2n) is 8.34. The van der Waals surface area contributed by atoms with Gasteiger partial charge in [-0.05, 0) is 80.6 Å². The van der Waals surface area contributed by atoms with Crippen LogP contribution in [0.15, 0.2) is 42.5 Å². The molecule has 2 heterocycles. The van der Waals surface area contributed by atoms with Gasteiger partial charge in [-0.3, -0.25) is 4.79 Å². The number of benzene rings is 2. The highest BCUT2D eigenvalue weighted by Crippen LogP contribution is 2.30. The Morgan fingerprint density at radius 2 is 1.90 bits per heavy atom. The largest absolute Gasteiger partial charge is 0.352 e. The Hall–Kier alpha value is -2.53. The van der Waals surface area contributed by atoms with Gasteiger partial charge in [0.25, 0.3) is 0 Å². The number of likely N-dealkylation sites (tertiary alicyclic amines) is 1. The fourth-order valence-corrected chi connectivity index (χ4v) is 4.30. The van der Waals surface area contributed by atoms with Crippen LogP contribution in [-0.2, 0) is 6.42 Å². The van der Waals surface area contributed by atoms with Crippen LogP contribution < -0.4 is 0 Å². The van der Waals surface area contributed by atoms with Crippen LogP contribution >= 0.6 is 0 Å². The molecule has 0 aliphatic carbocycles. The van der Waals surface area contributed by atoms with Gasteiger partial charge in [0.05, 0.1) is 5.69 Å². The number of nitrogens with zero attached hydrogens (tertiary/aromatic N) is 1. The molecule has 0 saturated carbocycles. The summed E-state index contributed by atoms with van der Waals surface area (Å²) < 4.78 is 26.8. The molecule has 29 heavy (non-hydrogen) atoms. The van der Waals surface area contributed by atoms with E-state index in [2.05, 4.69) is 35.9 Å². The lowest BCUT2D eigenvalue weighted by Gasteiger charge is -2.35. The molecule has 3 aromatic rings. The van der Waals surface area contributed by atoms with Crippen molar-refractivity contribution in [1.29, 1.82) is 0 Å². The van der Waals surface area contributed by atoms with Crippen molar-refractivity contribution in [2.24, 2.45) is 0 Å². The van der Waals surface area contributed by atoms with Gasteiger partial charge >= 0.3 is 0 Å². The van der Waals surface area contributed by atoms with E-state index in [9.17, 15) is 13.6 Å². The third-order valence-electron chi connectivity index (χ3n) is 5.89. The number of halogens is 2. The van der Waals surface area contributed by atoms with Gasteiger partial charge in [-0.25, -0.2) is 8.78 Å². The molecule has 0 radical (unpaired) electrons. The number of aromatic nitrogens is 1. The lowest BCUT2D eigenvalue weighted by atomic mass is 9.89. The van der Waals surface area contributed by atoms with Crippen LogP contribution in [0, 0.1) is 11.6 Å². The van der Waals surface area contributed by atoms with E-state index < -0.39 is 11.6 Å². The summed E-state index contributed by atoms with van der Waals surface area (Å²) in [7, 11) is 0. The summed E-state index contributed by atoms with van der Waals surface area (Å²) in [5.41, 5.74) is 3.00. The fraction of sp³-hybridized carbons (Fsp3) is 0.375. The van der Waals surface area contributed by atoms with Gasteiger partial charge in [-0.1, -0.05) is 6.07 Å². The number of rotatable bonds is 5. The number of ketones is 1. The van der Waals surface area contributed by atoms with Crippen molar-refractivity contribution in [1.82, 2.24) is 9.88 Å². The summed E-state index contributed by atoms with van der Waals surface area (Å²) in [6.07, 6.45) is 2.33. The number of H-pyrrole nitrogens is 1. The predicted octanol–water partition coefficient (Wildman–Crippen LogP) is 5.46. The Morgan fingerprint density at radius 3 is 2.62 bits per heavy atom. The first-order valence-electron chi connectivity index (χ1n) is 10.2. The Kier molecular flexibility index (Phi) is 5.50. The van der Waals surface area contributed by atoms with Crippen LogP contribution in [0.4, 0.5) is 8.78 Å². The van der Waals surface area contributed by atoms with Crippen molar-refractivity contribution in [2.75, 3.05) is 13.1 Å².